The Kier molecular flexibility index (Phi) is 7.95. The van der Waals surface area contributed by atoms with E-state index < -0.39 is 11.4 Å². The highest BCUT2D eigenvalue weighted by atomic mass is 32.1. The van der Waals surface area contributed by atoms with E-state index in [2.05, 4.69) is 20.9 Å². The third-order valence-electron chi connectivity index (χ3n) is 4.17. The van der Waals surface area contributed by atoms with Gasteiger partial charge in [-0.3, -0.25) is 4.79 Å². The quantitative estimate of drug-likeness (QED) is 0.308. The third kappa shape index (κ3) is 6.31. The topological polar surface area (TPSA) is 85.8 Å². The molecule has 0 aliphatic rings. The summed E-state index contributed by atoms with van der Waals surface area (Å²) in [4.78, 5) is 16.5. The monoisotopic (exact) mass is 406 g/mol. The summed E-state index contributed by atoms with van der Waals surface area (Å²) in [6.45, 7) is 6.98. The number of aliphatic imine (C=N–C) groups is 1. The summed E-state index contributed by atoms with van der Waals surface area (Å²) in [6, 6.07) is 6.29. The lowest BCUT2D eigenvalue weighted by atomic mass is 10.00. The molecule has 1 heterocycles. The van der Waals surface area contributed by atoms with Crippen LogP contribution in [-0.4, -0.2) is 43.2 Å². The van der Waals surface area contributed by atoms with Crippen molar-refractivity contribution < 1.29 is 14.3 Å². The van der Waals surface area contributed by atoms with Gasteiger partial charge in [0.1, 0.15) is 11.4 Å². The molecule has 0 aliphatic carbocycles. The molecular formula is C20H27FN4O2S. The number of amides is 1. The Hall–Kier alpha value is -2.45. The van der Waals surface area contributed by atoms with Crippen molar-refractivity contribution in [3.8, 4) is 0 Å². The highest BCUT2D eigenvalue weighted by Crippen LogP contribution is 2.23. The number of aryl methyl sites for hydroxylation is 1. The Labute approximate surface area is 168 Å². The summed E-state index contributed by atoms with van der Waals surface area (Å²) in [6.07, 6.45) is 0. The second-order valence-corrected chi connectivity index (χ2v) is 7.41. The Bertz CT molecular complexity index is 807. The van der Waals surface area contributed by atoms with Crippen LogP contribution in [0, 0.1) is 12.7 Å². The molecule has 0 fully saturated rings. The summed E-state index contributed by atoms with van der Waals surface area (Å²) < 4.78 is 13.6. The molecule has 4 N–H and O–H groups in total. The molecule has 1 aromatic heterocycles. The zero-order valence-corrected chi connectivity index (χ0v) is 17.2. The Morgan fingerprint density at radius 2 is 2.00 bits per heavy atom. The number of nitrogens with zero attached hydrogens (tertiary/aromatic N) is 1. The molecule has 0 saturated carbocycles. The van der Waals surface area contributed by atoms with Gasteiger partial charge in [-0.1, -0.05) is 6.07 Å². The van der Waals surface area contributed by atoms with E-state index in [0.717, 1.165) is 5.56 Å². The third-order valence-corrected chi connectivity index (χ3v) is 4.85. The molecule has 2 rings (SSSR count). The number of rotatable bonds is 8. The van der Waals surface area contributed by atoms with Gasteiger partial charge in [0.25, 0.3) is 5.91 Å². The van der Waals surface area contributed by atoms with E-state index in [9.17, 15) is 14.3 Å². The van der Waals surface area contributed by atoms with Gasteiger partial charge in [0.15, 0.2) is 5.96 Å². The predicted octanol–water partition coefficient (Wildman–Crippen LogP) is 2.39. The highest BCUT2D eigenvalue weighted by Gasteiger charge is 2.23. The molecule has 1 amide bonds. The minimum absolute atomic E-state index is 0.202. The van der Waals surface area contributed by atoms with Crippen molar-refractivity contribution in [2.45, 2.75) is 26.4 Å². The van der Waals surface area contributed by atoms with Crippen LogP contribution in [0.1, 0.15) is 35.3 Å². The summed E-state index contributed by atoms with van der Waals surface area (Å²) in [5.74, 6) is -0.179. The van der Waals surface area contributed by atoms with E-state index in [1.54, 1.807) is 26.0 Å². The zero-order valence-electron chi connectivity index (χ0n) is 16.4. The van der Waals surface area contributed by atoms with Crippen molar-refractivity contribution in [1.82, 2.24) is 16.0 Å². The Morgan fingerprint density at radius 3 is 2.64 bits per heavy atom. The van der Waals surface area contributed by atoms with Crippen LogP contribution in [0.2, 0.25) is 0 Å². The van der Waals surface area contributed by atoms with Crippen molar-refractivity contribution in [2.75, 3.05) is 26.2 Å². The van der Waals surface area contributed by atoms with Crippen LogP contribution in [0.4, 0.5) is 4.39 Å². The molecular weight excluding hydrogens is 379 g/mol. The van der Waals surface area contributed by atoms with Gasteiger partial charge in [-0.05, 0) is 60.9 Å². The smallest absolute Gasteiger partial charge is 0.251 e. The van der Waals surface area contributed by atoms with Gasteiger partial charge in [0.2, 0.25) is 0 Å². The van der Waals surface area contributed by atoms with Gasteiger partial charge in [-0.2, -0.15) is 11.3 Å². The first kappa shape index (κ1) is 21.8. The number of guanidine groups is 1. The van der Waals surface area contributed by atoms with Crippen molar-refractivity contribution in [1.29, 1.82) is 0 Å². The minimum atomic E-state index is -1.05. The standard InChI is InChI=1S/C20H27FN4O2S/c1-4-22-19(25-13-20(3,27)16-7-10-28-12-16)24-9-8-23-18(26)15-6-5-14(2)17(21)11-15/h5-7,10-12,27H,4,8-9,13H2,1-3H3,(H,23,26)(H2,22,24,25). The normalized spacial score (nSPS) is 13.7. The fourth-order valence-corrected chi connectivity index (χ4v) is 3.21. The minimum Gasteiger partial charge on any atom is -0.383 e. The Morgan fingerprint density at radius 1 is 1.25 bits per heavy atom. The maximum atomic E-state index is 13.6. The van der Waals surface area contributed by atoms with E-state index in [0.29, 0.717) is 31.2 Å². The van der Waals surface area contributed by atoms with E-state index in [4.69, 9.17) is 0 Å². The van der Waals surface area contributed by atoms with Gasteiger partial charge < -0.3 is 21.1 Å². The fourth-order valence-electron chi connectivity index (χ4n) is 2.43. The van der Waals surface area contributed by atoms with E-state index in [1.807, 2.05) is 23.8 Å². The molecule has 8 heteroatoms. The molecule has 0 spiro atoms. The molecule has 0 bridgehead atoms. The predicted molar refractivity (Wildman–Crippen MR) is 111 cm³/mol. The van der Waals surface area contributed by atoms with Crippen LogP contribution in [0.3, 0.4) is 0 Å². The first-order chi connectivity index (χ1) is 13.3. The van der Waals surface area contributed by atoms with Crippen LogP contribution in [-0.2, 0) is 5.60 Å². The molecule has 28 heavy (non-hydrogen) atoms. The maximum absolute atomic E-state index is 13.6. The molecule has 0 aliphatic heterocycles. The molecule has 1 aromatic carbocycles. The lowest BCUT2D eigenvalue weighted by Crippen LogP contribution is -2.42. The van der Waals surface area contributed by atoms with E-state index >= 15 is 0 Å². The van der Waals surface area contributed by atoms with Crippen molar-refractivity contribution >= 4 is 23.2 Å². The number of thiophene rings is 1. The first-order valence-electron chi connectivity index (χ1n) is 9.15. The summed E-state index contributed by atoms with van der Waals surface area (Å²) in [5, 5.41) is 23.3. The highest BCUT2D eigenvalue weighted by molar-refractivity contribution is 7.08. The average Bonchev–Trinajstić information content (AvgIpc) is 3.21. The maximum Gasteiger partial charge on any atom is 0.251 e. The number of carbonyl (C=O) groups is 1. The van der Waals surface area contributed by atoms with Crippen molar-refractivity contribution in [3.05, 3.63) is 57.5 Å². The molecule has 1 unspecified atom stereocenters. The second-order valence-electron chi connectivity index (χ2n) is 6.63. The van der Waals surface area contributed by atoms with Crippen LogP contribution >= 0.6 is 11.3 Å². The van der Waals surface area contributed by atoms with Crippen molar-refractivity contribution in [2.24, 2.45) is 4.99 Å². The number of aliphatic hydroxyl groups is 1. The molecule has 152 valence electrons. The summed E-state index contributed by atoms with van der Waals surface area (Å²) >= 11 is 1.53. The lowest BCUT2D eigenvalue weighted by Gasteiger charge is -2.21. The number of halogens is 1. The second kappa shape index (κ2) is 10.2. The van der Waals surface area contributed by atoms with E-state index in [-0.39, 0.29) is 18.0 Å². The van der Waals surface area contributed by atoms with Gasteiger partial charge >= 0.3 is 0 Å². The van der Waals surface area contributed by atoms with Crippen LogP contribution in [0.5, 0.6) is 0 Å². The molecule has 0 saturated heterocycles. The molecule has 0 radical (unpaired) electrons. The van der Waals surface area contributed by atoms with Gasteiger partial charge in [0, 0.05) is 25.2 Å². The molecule has 6 nitrogen and oxygen atoms in total. The average molecular weight is 407 g/mol. The summed E-state index contributed by atoms with van der Waals surface area (Å²) in [7, 11) is 0. The number of hydrogen-bond donors (Lipinski definition) is 4. The Balaban J connectivity index is 1.84. The largest absolute Gasteiger partial charge is 0.383 e. The van der Waals surface area contributed by atoms with Gasteiger partial charge in [-0.25, -0.2) is 9.38 Å². The van der Waals surface area contributed by atoms with Gasteiger partial charge in [-0.15, -0.1) is 0 Å². The zero-order chi connectivity index (χ0) is 20.6. The fraction of sp³-hybridized carbons (Fsp3) is 0.400. The van der Waals surface area contributed by atoms with Crippen LogP contribution < -0.4 is 16.0 Å². The van der Waals surface area contributed by atoms with Crippen LogP contribution in [0.15, 0.2) is 40.0 Å². The van der Waals surface area contributed by atoms with E-state index in [1.165, 1.54) is 17.4 Å². The molecule has 2 aromatic rings. The first-order valence-corrected chi connectivity index (χ1v) is 10.1. The number of nitrogens with one attached hydrogen (secondary N) is 3. The summed E-state index contributed by atoms with van der Waals surface area (Å²) in [5.41, 5.74) is 0.569. The lowest BCUT2D eigenvalue weighted by molar-refractivity contribution is 0.0677. The number of hydrogen-bond acceptors (Lipinski definition) is 4. The number of carbonyl (C=O) groups excluding carboxylic acids is 1. The van der Waals surface area contributed by atoms with Crippen molar-refractivity contribution in [3.63, 3.8) is 0 Å². The molecule has 1 atom stereocenters. The van der Waals surface area contributed by atoms with Gasteiger partial charge in [0.05, 0.1) is 6.54 Å². The number of benzene rings is 1. The van der Waals surface area contributed by atoms with Crippen LogP contribution in [0.25, 0.3) is 0 Å². The SMILES string of the molecule is CCNC(=NCC(C)(O)c1ccsc1)NCCNC(=O)c1ccc(C)c(F)c1.